The van der Waals surface area contributed by atoms with E-state index in [2.05, 4.69) is 22.9 Å². The van der Waals surface area contributed by atoms with E-state index in [0.29, 0.717) is 0 Å². The third kappa shape index (κ3) is 3.51. The minimum absolute atomic E-state index is 0.106. The van der Waals surface area contributed by atoms with Crippen LogP contribution in [-0.2, 0) is 11.2 Å². The van der Waals surface area contributed by atoms with Gasteiger partial charge in [0.15, 0.2) is 0 Å². The normalized spacial score (nSPS) is 18.8. The Hall–Kier alpha value is -0.970. The number of nitrogens with zero attached hydrogens (tertiary/aromatic N) is 2. The van der Waals surface area contributed by atoms with Crippen molar-refractivity contribution < 1.29 is 9.84 Å². The number of aliphatic hydroxyl groups excluding tert-OH is 1. The molecule has 2 heterocycles. The molecule has 100 valence electrons. The fourth-order valence-electron chi connectivity index (χ4n) is 2.23. The van der Waals surface area contributed by atoms with E-state index in [9.17, 15) is 5.11 Å². The van der Waals surface area contributed by atoms with Gasteiger partial charge in [-0.1, -0.05) is 13.0 Å². The van der Waals surface area contributed by atoms with E-state index in [0.717, 1.165) is 45.0 Å². The van der Waals surface area contributed by atoms with Gasteiger partial charge < -0.3 is 9.84 Å². The molecule has 0 aromatic carbocycles. The number of rotatable bonds is 5. The van der Waals surface area contributed by atoms with Crippen LogP contribution in [0.15, 0.2) is 18.3 Å². The average Bonchev–Trinajstić information content (AvgIpc) is 2.46. The molecule has 1 aliphatic rings. The molecule has 0 aliphatic carbocycles. The second-order valence-electron chi connectivity index (χ2n) is 4.74. The van der Waals surface area contributed by atoms with Crippen LogP contribution in [0.3, 0.4) is 0 Å². The SMILES string of the molecule is CCc1ccc([C@H](CO)CN2CCOCC2)nc1. The lowest BCUT2D eigenvalue weighted by Crippen LogP contribution is -2.39. The number of aryl methyl sites for hydroxylation is 1. The number of ether oxygens (including phenoxy) is 1. The standard InChI is InChI=1S/C14H22N2O2/c1-2-12-3-4-14(15-9-12)13(11-17)10-16-5-7-18-8-6-16/h3-4,9,13,17H,2,5-8,10-11H2,1H3/t13-/m0/s1. The average molecular weight is 250 g/mol. The molecule has 1 fully saturated rings. The third-order valence-corrected chi connectivity index (χ3v) is 3.48. The summed E-state index contributed by atoms with van der Waals surface area (Å²) < 4.78 is 5.33. The lowest BCUT2D eigenvalue weighted by atomic mass is 10.0. The van der Waals surface area contributed by atoms with E-state index in [-0.39, 0.29) is 12.5 Å². The number of hydrogen-bond donors (Lipinski definition) is 1. The Morgan fingerprint density at radius 1 is 1.39 bits per heavy atom. The van der Waals surface area contributed by atoms with Crippen LogP contribution in [0.5, 0.6) is 0 Å². The van der Waals surface area contributed by atoms with Gasteiger partial charge in [-0.05, 0) is 18.1 Å². The quantitative estimate of drug-likeness (QED) is 0.848. The van der Waals surface area contributed by atoms with Gasteiger partial charge in [0.1, 0.15) is 0 Å². The first-order valence-corrected chi connectivity index (χ1v) is 6.69. The van der Waals surface area contributed by atoms with Gasteiger partial charge in [-0.3, -0.25) is 9.88 Å². The van der Waals surface area contributed by atoms with E-state index < -0.39 is 0 Å². The molecule has 18 heavy (non-hydrogen) atoms. The zero-order valence-electron chi connectivity index (χ0n) is 11.0. The number of aliphatic hydroxyl groups is 1. The lowest BCUT2D eigenvalue weighted by molar-refractivity contribution is 0.0317. The zero-order valence-corrected chi connectivity index (χ0v) is 11.0. The summed E-state index contributed by atoms with van der Waals surface area (Å²) in [5.41, 5.74) is 2.23. The number of pyridine rings is 1. The third-order valence-electron chi connectivity index (χ3n) is 3.48. The molecule has 0 radical (unpaired) electrons. The van der Waals surface area contributed by atoms with Crippen molar-refractivity contribution in [2.24, 2.45) is 0 Å². The van der Waals surface area contributed by atoms with Crippen LogP contribution in [0.25, 0.3) is 0 Å². The van der Waals surface area contributed by atoms with Gasteiger partial charge in [0.2, 0.25) is 0 Å². The van der Waals surface area contributed by atoms with Crippen LogP contribution >= 0.6 is 0 Å². The second-order valence-corrected chi connectivity index (χ2v) is 4.74. The fourth-order valence-corrected chi connectivity index (χ4v) is 2.23. The summed E-state index contributed by atoms with van der Waals surface area (Å²) in [6.07, 6.45) is 2.91. The minimum Gasteiger partial charge on any atom is -0.396 e. The molecule has 1 aliphatic heterocycles. The first-order valence-electron chi connectivity index (χ1n) is 6.69. The monoisotopic (exact) mass is 250 g/mol. The van der Waals surface area contributed by atoms with Crippen molar-refractivity contribution in [1.29, 1.82) is 0 Å². The highest BCUT2D eigenvalue weighted by Gasteiger charge is 2.18. The molecule has 4 heteroatoms. The van der Waals surface area contributed by atoms with Crippen molar-refractivity contribution in [2.45, 2.75) is 19.3 Å². The van der Waals surface area contributed by atoms with Crippen molar-refractivity contribution in [3.8, 4) is 0 Å². The predicted molar refractivity (Wildman–Crippen MR) is 70.7 cm³/mol. The van der Waals surface area contributed by atoms with Gasteiger partial charge in [0, 0.05) is 37.4 Å². The largest absolute Gasteiger partial charge is 0.396 e. The molecule has 1 aromatic rings. The van der Waals surface area contributed by atoms with Gasteiger partial charge in [0.05, 0.1) is 19.8 Å². The maximum absolute atomic E-state index is 9.54. The summed E-state index contributed by atoms with van der Waals surface area (Å²) in [6.45, 7) is 6.61. The van der Waals surface area contributed by atoms with Crippen LogP contribution in [0.2, 0.25) is 0 Å². The Morgan fingerprint density at radius 2 is 2.17 bits per heavy atom. The number of morpholine rings is 1. The Bertz CT molecular complexity index is 347. The van der Waals surface area contributed by atoms with Gasteiger partial charge in [-0.15, -0.1) is 0 Å². The Kier molecular flexibility index (Phi) is 5.11. The van der Waals surface area contributed by atoms with Crippen molar-refractivity contribution in [3.05, 3.63) is 29.6 Å². The first-order chi connectivity index (χ1) is 8.83. The molecule has 2 rings (SSSR count). The molecule has 0 spiro atoms. The molecule has 0 saturated carbocycles. The first kappa shape index (κ1) is 13.5. The zero-order chi connectivity index (χ0) is 12.8. The van der Waals surface area contributed by atoms with Crippen LogP contribution in [0, 0.1) is 0 Å². The fraction of sp³-hybridized carbons (Fsp3) is 0.643. The molecule has 1 aromatic heterocycles. The minimum atomic E-state index is 0.106. The Morgan fingerprint density at radius 3 is 2.72 bits per heavy atom. The predicted octanol–water partition coefficient (Wildman–Crippen LogP) is 1.05. The van der Waals surface area contributed by atoms with Crippen LogP contribution in [0.4, 0.5) is 0 Å². The van der Waals surface area contributed by atoms with Crippen LogP contribution in [0.1, 0.15) is 24.1 Å². The maximum atomic E-state index is 9.54. The number of aromatic nitrogens is 1. The molecular weight excluding hydrogens is 228 g/mol. The van der Waals surface area contributed by atoms with Gasteiger partial charge in [0.25, 0.3) is 0 Å². The summed E-state index contributed by atoms with van der Waals surface area (Å²) in [5.74, 6) is 0.106. The van der Waals surface area contributed by atoms with E-state index >= 15 is 0 Å². The Balaban J connectivity index is 1.97. The van der Waals surface area contributed by atoms with E-state index in [4.69, 9.17) is 4.74 Å². The Labute approximate surface area is 109 Å². The second kappa shape index (κ2) is 6.83. The summed E-state index contributed by atoms with van der Waals surface area (Å²) in [4.78, 5) is 6.80. The highest BCUT2D eigenvalue weighted by atomic mass is 16.5. The lowest BCUT2D eigenvalue weighted by Gasteiger charge is -2.29. The molecule has 0 amide bonds. The maximum Gasteiger partial charge on any atom is 0.0594 e. The van der Waals surface area contributed by atoms with E-state index in [1.54, 1.807) is 0 Å². The van der Waals surface area contributed by atoms with Crippen molar-refractivity contribution in [2.75, 3.05) is 39.5 Å². The van der Waals surface area contributed by atoms with Gasteiger partial charge in [-0.25, -0.2) is 0 Å². The summed E-state index contributed by atoms with van der Waals surface area (Å²) in [7, 11) is 0. The molecule has 1 atom stereocenters. The molecule has 4 nitrogen and oxygen atoms in total. The highest BCUT2D eigenvalue weighted by Crippen LogP contribution is 2.16. The molecule has 0 bridgehead atoms. The molecule has 1 N–H and O–H groups in total. The van der Waals surface area contributed by atoms with Gasteiger partial charge >= 0.3 is 0 Å². The van der Waals surface area contributed by atoms with E-state index in [1.807, 2.05) is 12.3 Å². The van der Waals surface area contributed by atoms with E-state index in [1.165, 1.54) is 5.56 Å². The smallest absolute Gasteiger partial charge is 0.0594 e. The highest BCUT2D eigenvalue weighted by molar-refractivity contribution is 5.17. The topological polar surface area (TPSA) is 45.6 Å². The van der Waals surface area contributed by atoms with Crippen LogP contribution in [-0.4, -0.2) is 54.4 Å². The van der Waals surface area contributed by atoms with Gasteiger partial charge in [-0.2, -0.15) is 0 Å². The summed E-state index contributed by atoms with van der Waals surface area (Å²) in [5, 5.41) is 9.54. The molecule has 1 saturated heterocycles. The van der Waals surface area contributed by atoms with Crippen LogP contribution < -0.4 is 0 Å². The molecular formula is C14H22N2O2. The van der Waals surface area contributed by atoms with Crippen molar-refractivity contribution >= 4 is 0 Å². The summed E-state index contributed by atoms with van der Waals surface area (Å²) >= 11 is 0. The molecule has 0 unspecified atom stereocenters. The summed E-state index contributed by atoms with van der Waals surface area (Å²) in [6, 6.07) is 4.14. The van der Waals surface area contributed by atoms with Crippen molar-refractivity contribution in [3.63, 3.8) is 0 Å². The van der Waals surface area contributed by atoms with Crippen molar-refractivity contribution in [1.82, 2.24) is 9.88 Å². The number of hydrogen-bond acceptors (Lipinski definition) is 4.